The fraction of sp³-hybridized carbons (Fsp3) is 0.737. The normalized spacial score (nSPS) is 32.3. The predicted octanol–water partition coefficient (Wildman–Crippen LogP) is -1.86. The van der Waals surface area contributed by atoms with Gasteiger partial charge in [-0.3, -0.25) is 47.9 Å². The lowest BCUT2D eigenvalue weighted by Crippen LogP contribution is -2.69. The first-order valence-electron chi connectivity index (χ1n) is 19.4. The van der Waals surface area contributed by atoms with E-state index < -0.39 is 172 Å². The number of aliphatic hydroxyl groups is 1. The van der Waals surface area contributed by atoms with Crippen molar-refractivity contribution in [2.24, 2.45) is 0 Å². The average molecular weight is 925 g/mol. The summed E-state index contributed by atoms with van der Waals surface area (Å²) in [5, 5.41) is 10.9. The van der Waals surface area contributed by atoms with Crippen molar-refractivity contribution in [1.29, 1.82) is 0 Å². The van der Waals surface area contributed by atoms with E-state index in [0.717, 1.165) is 69.2 Å². The van der Waals surface area contributed by atoms with Gasteiger partial charge in [0.15, 0.2) is 61.6 Å². The summed E-state index contributed by atoms with van der Waals surface area (Å²) in [4.78, 5) is 124. The van der Waals surface area contributed by atoms with Crippen molar-refractivity contribution >= 4 is 59.7 Å². The second-order valence-corrected chi connectivity index (χ2v) is 14.3. The molecule has 0 saturated carbocycles. The Hall–Kier alpha value is -5.54. The first-order chi connectivity index (χ1) is 29.9. The fourth-order valence-electron chi connectivity index (χ4n) is 6.77. The van der Waals surface area contributed by atoms with Gasteiger partial charge in [0.1, 0.15) is 50.3 Å². The van der Waals surface area contributed by atoms with Crippen LogP contribution in [-0.2, 0) is 119 Å². The zero-order chi connectivity index (χ0) is 48.2. The molecule has 3 saturated heterocycles. The molecule has 0 aliphatic carbocycles. The number of aliphatic hydroxyl groups excluding tert-OH is 1. The van der Waals surface area contributed by atoms with Crippen molar-refractivity contribution in [2.75, 3.05) is 19.8 Å². The molecule has 15 atom stereocenters. The molecule has 0 bridgehead atoms. The average Bonchev–Trinajstić information content (AvgIpc) is 3.14. The maximum Gasteiger partial charge on any atom is 0.303 e. The zero-order valence-corrected chi connectivity index (χ0v) is 36.4. The number of ether oxygens (including phenoxy) is 15. The minimum atomic E-state index is -2.06. The third-order valence-corrected chi connectivity index (χ3v) is 8.84. The maximum atomic E-state index is 12.9. The summed E-state index contributed by atoms with van der Waals surface area (Å²) in [5.41, 5.74) is 0. The highest BCUT2D eigenvalue weighted by Gasteiger charge is 2.60. The molecule has 3 heterocycles. The summed E-state index contributed by atoms with van der Waals surface area (Å²) in [6.07, 6.45) is -27.6. The number of carbonyl (C=O) groups excluding carboxylic acids is 10. The lowest BCUT2D eigenvalue weighted by Gasteiger charge is -2.50. The standard InChI is InChI=1S/C38H52O26/c1-14(39)50-11-24-29(30(55-19(6)44)33(36(49)60-24)57-21(8)46)63-37-35(59-23(10)48)32(28(54-18(5)43)26(61-37)13-52-16(3)41)64-38-34(58-22(9)47)31(56-20(7)45)27(53-17(4)42)25(62-38)12-51-15(2)40/h24-38,49H,11-13H2,1-10H3/t24-,25-,26-,27-,28-,29-,30+,31+,32+,33-,34+,35+,36?,37+,38-/m1/s1. The van der Waals surface area contributed by atoms with Crippen LogP contribution < -0.4 is 0 Å². The first kappa shape index (κ1) is 52.8. The number of hydrogen-bond donors (Lipinski definition) is 1. The van der Waals surface area contributed by atoms with Crippen LogP contribution in [0.25, 0.3) is 0 Å². The second kappa shape index (κ2) is 23.9. The van der Waals surface area contributed by atoms with Crippen molar-refractivity contribution in [3.63, 3.8) is 0 Å². The topological polar surface area (TPSA) is 329 Å². The lowest BCUT2D eigenvalue weighted by molar-refractivity contribution is -0.379. The molecule has 0 radical (unpaired) electrons. The van der Waals surface area contributed by atoms with Crippen LogP contribution in [0.5, 0.6) is 0 Å². The summed E-state index contributed by atoms with van der Waals surface area (Å²) in [6.45, 7) is 7.62. The third-order valence-electron chi connectivity index (χ3n) is 8.84. The highest BCUT2D eigenvalue weighted by Crippen LogP contribution is 2.38. The third kappa shape index (κ3) is 15.6. The van der Waals surface area contributed by atoms with Crippen molar-refractivity contribution < 1.29 is 124 Å². The van der Waals surface area contributed by atoms with Crippen LogP contribution in [0.4, 0.5) is 0 Å². The molecule has 26 nitrogen and oxygen atoms in total. The molecule has 360 valence electrons. The van der Waals surface area contributed by atoms with Gasteiger partial charge in [-0.1, -0.05) is 0 Å². The minimum absolute atomic E-state index is 0.703. The molecule has 0 aromatic heterocycles. The van der Waals surface area contributed by atoms with Gasteiger partial charge in [0.05, 0.1) is 0 Å². The quantitative estimate of drug-likeness (QED) is 0.123. The molecule has 0 spiro atoms. The van der Waals surface area contributed by atoms with E-state index in [4.69, 9.17) is 71.1 Å². The molecule has 1 N–H and O–H groups in total. The summed E-state index contributed by atoms with van der Waals surface area (Å²) >= 11 is 0. The maximum absolute atomic E-state index is 12.9. The van der Waals surface area contributed by atoms with Gasteiger partial charge >= 0.3 is 59.7 Å². The van der Waals surface area contributed by atoms with E-state index >= 15 is 0 Å². The van der Waals surface area contributed by atoms with Gasteiger partial charge in [0.25, 0.3) is 0 Å². The van der Waals surface area contributed by atoms with Crippen LogP contribution in [0.3, 0.4) is 0 Å². The number of esters is 10. The van der Waals surface area contributed by atoms with Crippen LogP contribution in [0.2, 0.25) is 0 Å². The van der Waals surface area contributed by atoms with Crippen molar-refractivity contribution in [3.05, 3.63) is 0 Å². The first-order valence-corrected chi connectivity index (χ1v) is 19.4. The molecule has 1 unspecified atom stereocenters. The Kier molecular flexibility index (Phi) is 19.8. The van der Waals surface area contributed by atoms with Gasteiger partial charge in [0, 0.05) is 69.2 Å². The van der Waals surface area contributed by atoms with E-state index in [2.05, 4.69) is 0 Å². The minimum Gasteiger partial charge on any atom is -0.463 e. The van der Waals surface area contributed by atoms with E-state index in [1.54, 1.807) is 0 Å². The van der Waals surface area contributed by atoms with Crippen molar-refractivity contribution in [3.8, 4) is 0 Å². The summed E-state index contributed by atoms with van der Waals surface area (Å²) in [7, 11) is 0. The van der Waals surface area contributed by atoms with E-state index in [9.17, 15) is 53.1 Å². The Morgan fingerprint density at radius 2 is 0.594 bits per heavy atom. The Bertz CT molecular complexity index is 1730. The van der Waals surface area contributed by atoms with Crippen LogP contribution in [0, 0.1) is 0 Å². The van der Waals surface area contributed by atoms with Gasteiger partial charge in [0.2, 0.25) is 0 Å². The Morgan fingerprint density at radius 1 is 0.328 bits per heavy atom. The predicted molar refractivity (Wildman–Crippen MR) is 197 cm³/mol. The molecule has 26 heteroatoms. The molecular formula is C38H52O26. The van der Waals surface area contributed by atoms with E-state index in [1.807, 2.05) is 0 Å². The Balaban J connectivity index is 2.33. The molecule has 3 aliphatic rings. The number of rotatable bonds is 17. The van der Waals surface area contributed by atoms with Gasteiger partial charge in [-0.05, 0) is 0 Å². The highest BCUT2D eigenvalue weighted by molar-refractivity contribution is 5.70. The van der Waals surface area contributed by atoms with Gasteiger partial charge < -0.3 is 76.2 Å². The summed E-state index contributed by atoms with van der Waals surface area (Å²) < 4.78 is 84.4. The van der Waals surface area contributed by atoms with E-state index in [1.165, 1.54) is 0 Å². The van der Waals surface area contributed by atoms with E-state index in [0.29, 0.717) is 0 Å². The zero-order valence-electron chi connectivity index (χ0n) is 36.4. The molecule has 3 fully saturated rings. The Labute approximate surface area is 364 Å². The van der Waals surface area contributed by atoms with Crippen molar-refractivity contribution in [1.82, 2.24) is 0 Å². The van der Waals surface area contributed by atoms with Crippen LogP contribution in [0.1, 0.15) is 69.2 Å². The molecule has 0 amide bonds. The molecule has 0 aromatic rings. The molecule has 0 aromatic carbocycles. The monoisotopic (exact) mass is 924 g/mol. The van der Waals surface area contributed by atoms with Crippen molar-refractivity contribution in [2.45, 2.75) is 161 Å². The molecule has 3 rings (SSSR count). The lowest BCUT2D eigenvalue weighted by atomic mass is 9.95. The SMILES string of the molecule is CC(=O)OC[C@H]1O[C@H](O[C@@H]2[C@H](OC(C)=O)[C@H](O[C@H]3[C@H](OC(C)=O)[C@@H](OC(C)=O)C(O)O[C@@H]3COC(C)=O)O[C@H](COC(C)=O)[C@H]2OC(C)=O)[C@@H](OC(C)=O)[C@@H](OC(C)=O)[C@@H]1OC(C)=O. The molecule has 64 heavy (non-hydrogen) atoms. The second-order valence-electron chi connectivity index (χ2n) is 14.3. The van der Waals surface area contributed by atoms with Crippen LogP contribution in [-0.4, -0.2) is 177 Å². The highest BCUT2D eigenvalue weighted by atomic mass is 16.8. The number of hydrogen-bond acceptors (Lipinski definition) is 26. The largest absolute Gasteiger partial charge is 0.463 e. The van der Waals surface area contributed by atoms with E-state index in [-0.39, 0.29) is 0 Å². The molecular weight excluding hydrogens is 872 g/mol. The van der Waals surface area contributed by atoms with Gasteiger partial charge in [-0.25, -0.2) is 0 Å². The Morgan fingerprint density at radius 3 is 0.953 bits per heavy atom. The summed E-state index contributed by atoms with van der Waals surface area (Å²) in [6, 6.07) is 0. The fourth-order valence-corrected chi connectivity index (χ4v) is 6.77. The van der Waals surface area contributed by atoms with Crippen LogP contribution >= 0.6 is 0 Å². The summed E-state index contributed by atoms with van der Waals surface area (Å²) in [5.74, 6) is -9.66. The molecule has 3 aliphatic heterocycles. The smallest absolute Gasteiger partial charge is 0.303 e. The van der Waals surface area contributed by atoms with Gasteiger partial charge in [-0.15, -0.1) is 0 Å². The van der Waals surface area contributed by atoms with Gasteiger partial charge in [-0.2, -0.15) is 0 Å². The van der Waals surface area contributed by atoms with Crippen LogP contribution in [0.15, 0.2) is 0 Å². The number of carbonyl (C=O) groups is 10.